The highest BCUT2D eigenvalue weighted by molar-refractivity contribution is 14.0. The van der Waals surface area contributed by atoms with Gasteiger partial charge in [0, 0.05) is 45.3 Å². The zero-order valence-corrected chi connectivity index (χ0v) is 16.6. The second kappa shape index (κ2) is 7.83. The van der Waals surface area contributed by atoms with Crippen LogP contribution in [-0.2, 0) is 18.2 Å². The molecule has 0 aliphatic carbocycles. The van der Waals surface area contributed by atoms with Crippen molar-refractivity contribution in [2.45, 2.75) is 19.8 Å². The van der Waals surface area contributed by atoms with Crippen molar-refractivity contribution in [3.05, 3.63) is 18.0 Å². The number of rotatable bonds is 4. The second-order valence-corrected chi connectivity index (χ2v) is 7.03. The fourth-order valence-electron chi connectivity index (χ4n) is 3.28. The lowest BCUT2D eigenvalue weighted by Crippen LogP contribution is -2.51. The number of likely N-dealkylation sites (tertiary alicyclic amines) is 1. The van der Waals surface area contributed by atoms with E-state index in [1.807, 2.05) is 25.0 Å². The van der Waals surface area contributed by atoms with Gasteiger partial charge in [0.15, 0.2) is 5.96 Å². The number of ether oxygens (including phenoxy) is 1. The lowest BCUT2D eigenvalue weighted by Gasteiger charge is -2.39. The largest absolute Gasteiger partial charge is 0.380 e. The first-order valence-corrected chi connectivity index (χ1v) is 8.09. The van der Waals surface area contributed by atoms with E-state index in [2.05, 4.69) is 33.4 Å². The molecule has 1 atom stereocenters. The van der Waals surface area contributed by atoms with Crippen LogP contribution in [0.25, 0.3) is 0 Å². The van der Waals surface area contributed by atoms with Crippen LogP contribution in [-0.4, -0.2) is 60.5 Å². The summed E-state index contributed by atoms with van der Waals surface area (Å²) in [4.78, 5) is 6.83. The van der Waals surface area contributed by atoms with Crippen molar-refractivity contribution >= 4 is 29.9 Å². The molecule has 0 amide bonds. The van der Waals surface area contributed by atoms with Gasteiger partial charge in [-0.3, -0.25) is 9.67 Å². The molecule has 2 aliphatic rings. The number of aryl methyl sites for hydroxylation is 1. The van der Waals surface area contributed by atoms with Crippen molar-refractivity contribution in [2.24, 2.45) is 23.4 Å². The minimum absolute atomic E-state index is 0. The molecule has 7 heteroatoms. The van der Waals surface area contributed by atoms with Crippen molar-refractivity contribution in [3.8, 4) is 0 Å². The van der Waals surface area contributed by atoms with Crippen LogP contribution in [0.15, 0.2) is 17.4 Å². The number of nitrogens with one attached hydrogen (secondary N) is 1. The Balaban J connectivity index is 0.00000192. The quantitative estimate of drug-likeness (QED) is 0.445. The van der Waals surface area contributed by atoms with Gasteiger partial charge in [0.1, 0.15) is 0 Å². The number of aliphatic imine (C=N–C) groups is 1. The van der Waals surface area contributed by atoms with Gasteiger partial charge < -0.3 is 15.0 Å². The second-order valence-electron chi connectivity index (χ2n) is 7.03. The molecule has 1 unspecified atom stereocenters. The Hall–Kier alpha value is -0.830. The van der Waals surface area contributed by atoms with Crippen LogP contribution in [0.5, 0.6) is 0 Å². The topological polar surface area (TPSA) is 54.7 Å². The molecule has 3 rings (SSSR count). The first kappa shape index (κ1) is 18.5. The van der Waals surface area contributed by atoms with Crippen LogP contribution in [0.2, 0.25) is 0 Å². The SMILES string of the molecule is CN=C(NCC1(C)COC1)N1CCC(Cc2cnn(C)c2)C1.I. The van der Waals surface area contributed by atoms with Crippen molar-refractivity contribution in [2.75, 3.05) is 39.9 Å². The molecule has 2 fully saturated rings. The van der Waals surface area contributed by atoms with Gasteiger partial charge in [-0.2, -0.15) is 5.10 Å². The van der Waals surface area contributed by atoms with Crippen LogP contribution < -0.4 is 5.32 Å². The van der Waals surface area contributed by atoms with E-state index >= 15 is 0 Å². The van der Waals surface area contributed by atoms with Crippen LogP contribution in [0, 0.1) is 11.3 Å². The van der Waals surface area contributed by atoms with Crippen molar-refractivity contribution in [1.82, 2.24) is 20.0 Å². The average Bonchev–Trinajstić information content (AvgIpc) is 3.08. The van der Waals surface area contributed by atoms with Gasteiger partial charge in [-0.1, -0.05) is 6.92 Å². The van der Waals surface area contributed by atoms with Crippen LogP contribution >= 0.6 is 24.0 Å². The monoisotopic (exact) mass is 433 g/mol. The third-order valence-electron chi connectivity index (χ3n) is 4.65. The Labute approximate surface area is 155 Å². The number of aromatic nitrogens is 2. The van der Waals surface area contributed by atoms with E-state index < -0.39 is 0 Å². The molecule has 2 saturated heterocycles. The predicted molar refractivity (Wildman–Crippen MR) is 102 cm³/mol. The Morgan fingerprint density at radius 2 is 2.30 bits per heavy atom. The lowest BCUT2D eigenvalue weighted by molar-refractivity contribution is -0.0972. The van der Waals surface area contributed by atoms with Crippen molar-refractivity contribution < 1.29 is 4.74 Å². The fraction of sp³-hybridized carbons (Fsp3) is 0.750. The predicted octanol–water partition coefficient (Wildman–Crippen LogP) is 1.51. The number of hydrogen-bond acceptors (Lipinski definition) is 3. The summed E-state index contributed by atoms with van der Waals surface area (Å²) in [7, 11) is 3.84. The van der Waals surface area contributed by atoms with E-state index in [-0.39, 0.29) is 29.4 Å². The summed E-state index contributed by atoms with van der Waals surface area (Å²) >= 11 is 0. The summed E-state index contributed by atoms with van der Waals surface area (Å²) in [5.74, 6) is 1.71. The maximum absolute atomic E-state index is 5.31. The van der Waals surface area contributed by atoms with Gasteiger partial charge in [0.2, 0.25) is 0 Å². The van der Waals surface area contributed by atoms with E-state index in [9.17, 15) is 0 Å². The molecule has 0 radical (unpaired) electrons. The van der Waals surface area contributed by atoms with Crippen molar-refractivity contribution in [3.63, 3.8) is 0 Å². The molecule has 1 aromatic rings. The van der Waals surface area contributed by atoms with Gasteiger partial charge in [-0.05, 0) is 24.3 Å². The van der Waals surface area contributed by atoms with Crippen molar-refractivity contribution in [1.29, 1.82) is 0 Å². The average molecular weight is 433 g/mol. The summed E-state index contributed by atoms with van der Waals surface area (Å²) in [5.41, 5.74) is 1.60. The molecule has 0 saturated carbocycles. The molecule has 23 heavy (non-hydrogen) atoms. The van der Waals surface area contributed by atoms with E-state index in [1.165, 1.54) is 12.0 Å². The fourth-order valence-corrected chi connectivity index (χ4v) is 3.28. The third kappa shape index (κ3) is 4.59. The Bertz CT molecular complexity index is 540. The summed E-state index contributed by atoms with van der Waals surface area (Å²) in [5, 5.41) is 7.78. The highest BCUT2D eigenvalue weighted by atomic mass is 127. The van der Waals surface area contributed by atoms with Gasteiger partial charge in [-0.25, -0.2) is 0 Å². The summed E-state index contributed by atoms with van der Waals surface area (Å²) < 4.78 is 7.19. The minimum Gasteiger partial charge on any atom is -0.380 e. The Morgan fingerprint density at radius 3 is 2.87 bits per heavy atom. The van der Waals surface area contributed by atoms with Crippen LogP contribution in [0.1, 0.15) is 18.9 Å². The Morgan fingerprint density at radius 1 is 1.52 bits per heavy atom. The molecule has 130 valence electrons. The molecule has 6 nitrogen and oxygen atoms in total. The summed E-state index contributed by atoms with van der Waals surface area (Å²) in [6, 6.07) is 0. The molecule has 0 aromatic carbocycles. The Kier molecular flexibility index (Phi) is 6.30. The molecule has 0 bridgehead atoms. The van der Waals surface area contributed by atoms with E-state index in [0.29, 0.717) is 5.92 Å². The maximum atomic E-state index is 5.31. The minimum atomic E-state index is 0. The maximum Gasteiger partial charge on any atom is 0.193 e. The highest BCUT2D eigenvalue weighted by Gasteiger charge is 2.34. The molecule has 1 aromatic heterocycles. The standard InChI is InChI=1S/C16H27N5O.HI/c1-16(11-22-12-16)10-18-15(17-2)21-5-4-13(9-21)6-14-7-19-20(3)8-14;/h7-8,13H,4-6,9-12H2,1-3H3,(H,17,18);1H. The first-order chi connectivity index (χ1) is 10.6. The summed E-state index contributed by atoms with van der Waals surface area (Å²) in [6.07, 6.45) is 6.42. The highest BCUT2D eigenvalue weighted by Crippen LogP contribution is 2.25. The zero-order chi connectivity index (χ0) is 15.6. The van der Waals surface area contributed by atoms with Gasteiger partial charge >= 0.3 is 0 Å². The first-order valence-electron chi connectivity index (χ1n) is 8.09. The molecular weight excluding hydrogens is 405 g/mol. The lowest BCUT2D eigenvalue weighted by atomic mass is 9.89. The summed E-state index contributed by atoms with van der Waals surface area (Å²) in [6.45, 7) is 7.04. The number of guanidine groups is 1. The third-order valence-corrected chi connectivity index (χ3v) is 4.65. The molecular formula is C16H28IN5O. The van der Waals surface area contributed by atoms with Crippen LogP contribution in [0.3, 0.4) is 0 Å². The molecule has 2 aliphatic heterocycles. The number of nitrogens with zero attached hydrogens (tertiary/aromatic N) is 4. The van der Waals surface area contributed by atoms with E-state index in [4.69, 9.17) is 4.74 Å². The number of hydrogen-bond donors (Lipinski definition) is 1. The smallest absolute Gasteiger partial charge is 0.193 e. The van der Waals surface area contributed by atoms with Gasteiger partial charge in [-0.15, -0.1) is 24.0 Å². The molecule has 3 heterocycles. The van der Waals surface area contributed by atoms with E-state index in [0.717, 1.165) is 45.2 Å². The van der Waals surface area contributed by atoms with Gasteiger partial charge in [0.05, 0.1) is 19.4 Å². The van der Waals surface area contributed by atoms with Gasteiger partial charge in [0.25, 0.3) is 0 Å². The molecule has 1 N–H and O–H groups in total. The zero-order valence-electron chi connectivity index (χ0n) is 14.3. The van der Waals surface area contributed by atoms with E-state index in [1.54, 1.807) is 0 Å². The van der Waals surface area contributed by atoms with Crippen LogP contribution in [0.4, 0.5) is 0 Å². The molecule has 0 spiro atoms. The number of halogens is 1. The normalized spacial score (nSPS) is 23.3.